The Morgan fingerprint density at radius 2 is 1.69 bits per heavy atom. The first-order valence-electron chi connectivity index (χ1n) is 9.61. The number of carbonyl (C=O) groups is 1. The van der Waals surface area contributed by atoms with Crippen LogP contribution in [0.3, 0.4) is 0 Å². The molecule has 5 nitrogen and oxygen atoms in total. The lowest BCUT2D eigenvalue weighted by Crippen LogP contribution is -2.40. The van der Waals surface area contributed by atoms with E-state index in [0.717, 1.165) is 18.4 Å². The van der Waals surface area contributed by atoms with E-state index in [1.165, 1.54) is 4.31 Å². The largest absolute Gasteiger partial charge is 0.347 e. The smallest absolute Gasteiger partial charge is 0.251 e. The van der Waals surface area contributed by atoms with Gasteiger partial charge in [0.2, 0.25) is 10.0 Å². The van der Waals surface area contributed by atoms with Gasteiger partial charge in [-0.2, -0.15) is 4.31 Å². The van der Waals surface area contributed by atoms with Crippen LogP contribution in [0.5, 0.6) is 0 Å². The summed E-state index contributed by atoms with van der Waals surface area (Å²) in [6, 6.07) is 14.0. The lowest BCUT2D eigenvalue weighted by molar-refractivity contribution is 0.0936. The molecule has 1 aliphatic heterocycles. The number of halogens is 2. The van der Waals surface area contributed by atoms with Crippen molar-refractivity contribution in [1.82, 2.24) is 9.62 Å². The molecule has 2 atom stereocenters. The molecule has 2 aliphatic rings. The summed E-state index contributed by atoms with van der Waals surface area (Å²) >= 11 is 12.0. The van der Waals surface area contributed by atoms with Crippen LogP contribution in [0.15, 0.2) is 48.5 Å². The summed E-state index contributed by atoms with van der Waals surface area (Å²) in [5.74, 6) is 0.0296. The highest BCUT2D eigenvalue weighted by atomic mass is 35.5. The summed E-state index contributed by atoms with van der Waals surface area (Å²) in [6.45, 7) is 0.620. The van der Waals surface area contributed by atoms with E-state index >= 15 is 0 Å². The highest BCUT2D eigenvalue weighted by Crippen LogP contribution is 2.35. The number of nitrogens with one attached hydrogen (secondary N) is 1. The normalized spacial score (nSPS) is 22.6. The van der Waals surface area contributed by atoms with Crippen molar-refractivity contribution >= 4 is 39.1 Å². The minimum Gasteiger partial charge on any atom is -0.347 e. The molecule has 1 heterocycles. The Kier molecular flexibility index (Phi) is 5.89. The summed E-state index contributed by atoms with van der Waals surface area (Å²) < 4.78 is 27.2. The fourth-order valence-electron chi connectivity index (χ4n) is 3.80. The zero-order valence-electron chi connectivity index (χ0n) is 15.7. The molecule has 0 radical (unpaired) electrons. The number of sulfonamides is 1. The molecule has 1 saturated carbocycles. The lowest BCUT2D eigenvalue weighted by Gasteiger charge is -2.20. The summed E-state index contributed by atoms with van der Waals surface area (Å²) in [6.07, 6.45) is 1.95. The molecule has 1 amide bonds. The summed E-state index contributed by atoms with van der Waals surface area (Å²) in [7, 11) is -3.34. The standard InChI is InChI=1S/C21H22Cl2N2O3S/c22-17-8-16(9-18(23)10-17)21(26)24-20-12-25(29(27,28)13-14-6-7-14)11-19(20)15-4-2-1-3-5-15/h1-5,8-10,14,19-20H,6-7,11-13H2,(H,24,26)/t19-,20+/m0/s1. The Balaban J connectivity index is 1.57. The van der Waals surface area contributed by atoms with E-state index in [2.05, 4.69) is 5.32 Å². The van der Waals surface area contributed by atoms with Crippen molar-refractivity contribution in [1.29, 1.82) is 0 Å². The van der Waals surface area contributed by atoms with Gasteiger partial charge in [0.1, 0.15) is 0 Å². The molecule has 154 valence electrons. The summed E-state index contributed by atoms with van der Waals surface area (Å²) in [5, 5.41) is 3.76. The average Bonchev–Trinajstić information content (AvgIpc) is 3.36. The molecule has 0 bridgehead atoms. The molecular weight excluding hydrogens is 431 g/mol. The molecule has 1 saturated heterocycles. The fraction of sp³-hybridized carbons (Fsp3) is 0.381. The predicted octanol–water partition coefficient (Wildman–Crippen LogP) is 3.93. The first-order valence-corrected chi connectivity index (χ1v) is 12.0. The van der Waals surface area contributed by atoms with Crippen LogP contribution in [-0.4, -0.2) is 43.5 Å². The SMILES string of the molecule is O=C(N[C@@H]1CN(S(=O)(=O)CC2CC2)C[C@H]1c1ccccc1)c1cc(Cl)cc(Cl)c1. The van der Waals surface area contributed by atoms with Crippen molar-refractivity contribution in [2.75, 3.05) is 18.8 Å². The molecule has 0 spiro atoms. The third kappa shape index (κ3) is 4.94. The molecule has 2 aromatic rings. The van der Waals surface area contributed by atoms with Gasteiger partial charge in [0.15, 0.2) is 0 Å². The van der Waals surface area contributed by atoms with Gasteiger partial charge >= 0.3 is 0 Å². The molecule has 8 heteroatoms. The third-order valence-corrected chi connectivity index (χ3v) is 7.91. The summed E-state index contributed by atoms with van der Waals surface area (Å²) in [4.78, 5) is 12.8. The van der Waals surface area contributed by atoms with E-state index in [-0.39, 0.29) is 36.1 Å². The molecule has 4 rings (SSSR count). The van der Waals surface area contributed by atoms with Crippen LogP contribution in [0.1, 0.15) is 34.7 Å². The van der Waals surface area contributed by atoms with Crippen LogP contribution in [0, 0.1) is 5.92 Å². The van der Waals surface area contributed by atoms with Gasteiger partial charge in [-0.05, 0) is 42.5 Å². The van der Waals surface area contributed by atoms with Gasteiger partial charge in [0.25, 0.3) is 5.91 Å². The first kappa shape index (κ1) is 20.7. The van der Waals surface area contributed by atoms with Crippen molar-refractivity contribution in [3.8, 4) is 0 Å². The maximum absolute atomic E-state index is 12.8. The Morgan fingerprint density at radius 3 is 2.31 bits per heavy atom. The van der Waals surface area contributed by atoms with Crippen LogP contribution in [0.4, 0.5) is 0 Å². The lowest BCUT2D eigenvalue weighted by atomic mass is 9.94. The third-order valence-electron chi connectivity index (χ3n) is 5.49. The highest BCUT2D eigenvalue weighted by molar-refractivity contribution is 7.89. The Labute approximate surface area is 181 Å². The topological polar surface area (TPSA) is 66.5 Å². The number of rotatable bonds is 6. The predicted molar refractivity (Wildman–Crippen MR) is 115 cm³/mol. The van der Waals surface area contributed by atoms with Crippen molar-refractivity contribution < 1.29 is 13.2 Å². The fourth-order valence-corrected chi connectivity index (χ4v) is 6.24. The highest BCUT2D eigenvalue weighted by Gasteiger charge is 2.42. The number of amides is 1. The Morgan fingerprint density at radius 1 is 1.03 bits per heavy atom. The zero-order valence-corrected chi connectivity index (χ0v) is 18.1. The van der Waals surface area contributed by atoms with Crippen LogP contribution in [-0.2, 0) is 10.0 Å². The van der Waals surface area contributed by atoms with Crippen LogP contribution in [0.2, 0.25) is 10.0 Å². The van der Waals surface area contributed by atoms with Crippen LogP contribution >= 0.6 is 23.2 Å². The van der Waals surface area contributed by atoms with Crippen LogP contribution in [0.25, 0.3) is 0 Å². The van der Waals surface area contributed by atoms with Gasteiger partial charge in [-0.3, -0.25) is 4.79 Å². The van der Waals surface area contributed by atoms with Crippen molar-refractivity contribution in [3.05, 3.63) is 69.7 Å². The first-order chi connectivity index (χ1) is 13.8. The Bertz CT molecular complexity index is 990. The Hall–Kier alpha value is -1.60. The molecule has 0 aromatic heterocycles. The van der Waals surface area contributed by atoms with Gasteiger partial charge in [0, 0.05) is 34.6 Å². The molecule has 1 N–H and O–H groups in total. The van der Waals surface area contributed by atoms with E-state index in [1.807, 2.05) is 30.3 Å². The maximum atomic E-state index is 12.8. The number of nitrogens with zero attached hydrogens (tertiary/aromatic N) is 1. The van der Waals surface area contributed by atoms with Crippen molar-refractivity contribution in [2.24, 2.45) is 5.92 Å². The van der Waals surface area contributed by atoms with Gasteiger partial charge in [-0.15, -0.1) is 0 Å². The number of hydrogen-bond acceptors (Lipinski definition) is 3. The number of carbonyl (C=O) groups excluding carboxylic acids is 1. The van der Waals surface area contributed by atoms with E-state index in [1.54, 1.807) is 18.2 Å². The van der Waals surface area contributed by atoms with E-state index in [9.17, 15) is 13.2 Å². The molecule has 29 heavy (non-hydrogen) atoms. The molecule has 2 fully saturated rings. The van der Waals surface area contributed by atoms with E-state index in [4.69, 9.17) is 23.2 Å². The minimum atomic E-state index is -3.34. The van der Waals surface area contributed by atoms with Crippen molar-refractivity contribution in [2.45, 2.75) is 24.8 Å². The van der Waals surface area contributed by atoms with E-state index < -0.39 is 10.0 Å². The second-order valence-electron chi connectivity index (χ2n) is 7.79. The second-order valence-corrected chi connectivity index (χ2v) is 10.7. The van der Waals surface area contributed by atoms with Gasteiger partial charge < -0.3 is 5.32 Å². The van der Waals surface area contributed by atoms with Crippen LogP contribution < -0.4 is 5.32 Å². The second kappa shape index (κ2) is 8.26. The quantitative estimate of drug-likeness (QED) is 0.721. The molecule has 2 aromatic carbocycles. The van der Waals surface area contributed by atoms with E-state index in [0.29, 0.717) is 22.2 Å². The zero-order chi connectivity index (χ0) is 20.6. The maximum Gasteiger partial charge on any atom is 0.251 e. The van der Waals surface area contributed by atoms with Gasteiger partial charge in [-0.1, -0.05) is 53.5 Å². The minimum absolute atomic E-state index is 0.121. The van der Waals surface area contributed by atoms with Gasteiger partial charge in [0.05, 0.1) is 11.8 Å². The molecule has 0 unspecified atom stereocenters. The average molecular weight is 453 g/mol. The molecular formula is C21H22Cl2N2O3S. The monoisotopic (exact) mass is 452 g/mol. The number of hydrogen-bond donors (Lipinski definition) is 1. The van der Waals surface area contributed by atoms with Gasteiger partial charge in [-0.25, -0.2) is 8.42 Å². The number of benzene rings is 2. The summed E-state index contributed by atoms with van der Waals surface area (Å²) in [5.41, 5.74) is 1.36. The van der Waals surface area contributed by atoms with Crippen molar-refractivity contribution in [3.63, 3.8) is 0 Å². The molecule has 1 aliphatic carbocycles.